The summed E-state index contributed by atoms with van der Waals surface area (Å²) in [4.78, 5) is 14.2. The molecular weight excluding hydrogens is 250 g/mol. The lowest BCUT2D eigenvalue weighted by Gasteiger charge is -2.29. The zero-order valence-corrected chi connectivity index (χ0v) is 13.1. The van der Waals surface area contributed by atoms with Crippen LogP contribution >= 0.6 is 12.4 Å². The number of carbonyl (C=O) groups is 1. The molecule has 4 nitrogen and oxygen atoms in total. The monoisotopic (exact) mass is 277 g/mol. The van der Waals surface area contributed by atoms with E-state index < -0.39 is 0 Å². The van der Waals surface area contributed by atoms with Crippen LogP contribution in [0.4, 0.5) is 0 Å². The molecule has 1 amide bonds. The van der Waals surface area contributed by atoms with E-state index in [1.165, 1.54) is 0 Å². The Balaban J connectivity index is 0.00000289. The Kier molecular flexibility index (Phi) is 7.18. The van der Waals surface area contributed by atoms with E-state index in [-0.39, 0.29) is 29.6 Å². The fourth-order valence-electron chi connectivity index (χ4n) is 2.53. The molecule has 1 saturated heterocycles. The highest BCUT2D eigenvalue weighted by atomic mass is 35.5. The molecule has 0 aromatic heterocycles. The number of hydrogen-bond acceptors (Lipinski definition) is 3. The fraction of sp³-hybridized carbons (Fsp3) is 0.923. The molecule has 0 saturated carbocycles. The van der Waals surface area contributed by atoms with Gasteiger partial charge in [-0.05, 0) is 32.0 Å². The number of hydrogen-bond donors (Lipinski definition) is 2. The van der Waals surface area contributed by atoms with Crippen molar-refractivity contribution in [2.45, 2.75) is 20.8 Å². The van der Waals surface area contributed by atoms with Crippen molar-refractivity contribution < 1.29 is 4.79 Å². The van der Waals surface area contributed by atoms with Crippen LogP contribution in [-0.4, -0.2) is 51.1 Å². The maximum Gasteiger partial charge on any atom is 0.224 e. The molecule has 18 heavy (non-hydrogen) atoms. The Bertz CT molecular complexity index is 269. The number of rotatable bonds is 5. The minimum absolute atomic E-state index is 0. The Hall–Kier alpha value is -0.320. The molecule has 108 valence electrons. The lowest BCUT2D eigenvalue weighted by molar-refractivity contribution is -0.125. The second kappa shape index (κ2) is 7.31. The fourth-order valence-corrected chi connectivity index (χ4v) is 2.53. The standard InChI is InChI=1S/C13H27N3O.ClH/c1-10-6-14-7-11(10)12(17)15-8-13(2,3)9-16(4)5;/h10-11,14H,6-9H2,1-5H3,(H,15,17);1H/t10-,11-;/m1./s1. The van der Waals surface area contributed by atoms with E-state index in [9.17, 15) is 4.79 Å². The summed E-state index contributed by atoms with van der Waals surface area (Å²) in [6, 6.07) is 0. The molecule has 0 unspecified atom stereocenters. The van der Waals surface area contributed by atoms with Gasteiger partial charge < -0.3 is 15.5 Å². The van der Waals surface area contributed by atoms with Gasteiger partial charge in [0.15, 0.2) is 0 Å². The Morgan fingerprint density at radius 2 is 2.00 bits per heavy atom. The molecular formula is C13H28ClN3O. The van der Waals surface area contributed by atoms with Crippen LogP contribution in [0.1, 0.15) is 20.8 Å². The molecule has 2 N–H and O–H groups in total. The molecule has 5 heteroatoms. The molecule has 0 aromatic carbocycles. The van der Waals surface area contributed by atoms with E-state index in [1.807, 2.05) is 0 Å². The van der Waals surface area contributed by atoms with Gasteiger partial charge in [-0.1, -0.05) is 20.8 Å². The topological polar surface area (TPSA) is 44.4 Å². The minimum Gasteiger partial charge on any atom is -0.355 e. The third-order valence-corrected chi connectivity index (χ3v) is 3.34. The number of carbonyl (C=O) groups excluding carboxylic acids is 1. The van der Waals surface area contributed by atoms with Crippen LogP contribution in [0.15, 0.2) is 0 Å². The van der Waals surface area contributed by atoms with Crippen molar-refractivity contribution in [3.8, 4) is 0 Å². The van der Waals surface area contributed by atoms with Crippen molar-refractivity contribution in [1.82, 2.24) is 15.5 Å². The van der Waals surface area contributed by atoms with Gasteiger partial charge in [-0.25, -0.2) is 0 Å². The predicted molar refractivity (Wildman–Crippen MR) is 78.1 cm³/mol. The Morgan fingerprint density at radius 3 is 2.44 bits per heavy atom. The highest BCUT2D eigenvalue weighted by molar-refractivity contribution is 5.85. The number of halogens is 1. The molecule has 0 spiro atoms. The normalized spacial score (nSPS) is 23.9. The third-order valence-electron chi connectivity index (χ3n) is 3.34. The Morgan fingerprint density at radius 1 is 1.39 bits per heavy atom. The van der Waals surface area contributed by atoms with Gasteiger partial charge in [0.2, 0.25) is 5.91 Å². The zero-order chi connectivity index (χ0) is 13.1. The van der Waals surface area contributed by atoms with E-state index in [1.54, 1.807) is 0 Å². The van der Waals surface area contributed by atoms with Gasteiger partial charge in [0.05, 0.1) is 5.92 Å². The van der Waals surface area contributed by atoms with Gasteiger partial charge in [0, 0.05) is 19.6 Å². The molecule has 1 fully saturated rings. The summed E-state index contributed by atoms with van der Waals surface area (Å²) in [5, 5.41) is 6.36. The number of nitrogens with zero attached hydrogens (tertiary/aromatic N) is 1. The zero-order valence-electron chi connectivity index (χ0n) is 12.2. The molecule has 1 aliphatic rings. The van der Waals surface area contributed by atoms with Crippen LogP contribution in [-0.2, 0) is 4.79 Å². The summed E-state index contributed by atoms with van der Waals surface area (Å²) < 4.78 is 0. The summed E-state index contributed by atoms with van der Waals surface area (Å²) in [5.41, 5.74) is 0.119. The van der Waals surface area contributed by atoms with Gasteiger partial charge >= 0.3 is 0 Å². The first-order valence-corrected chi connectivity index (χ1v) is 6.45. The highest BCUT2D eigenvalue weighted by Crippen LogP contribution is 2.18. The van der Waals surface area contributed by atoms with E-state index in [2.05, 4.69) is 50.4 Å². The minimum atomic E-state index is 0. The molecule has 0 bridgehead atoms. The van der Waals surface area contributed by atoms with Gasteiger partial charge in [0.1, 0.15) is 0 Å². The summed E-state index contributed by atoms with van der Waals surface area (Å²) >= 11 is 0. The van der Waals surface area contributed by atoms with Gasteiger partial charge in [0.25, 0.3) is 0 Å². The molecule has 1 aliphatic heterocycles. The molecule has 0 aromatic rings. The van der Waals surface area contributed by atoms with Gasteiger partial charge in [-0.2, -0.15) is 0 Å². The second-order valence-electron chi connectivity index (χ2n) is 6.36. The van der Waals surface area contributed by atoms with Crippen molar-refractivity contribution >= 4 is 18.3 Å². The summed E-state index contributed by atoms with van der Waals surface area (Å²) in [5.74, 6) is 0.798. The van der Waals surface area contributed by atoms with E-state index in [0.29, 0.717) is 5.92 Å². The summed E-state index contributed by atoms with van der Waals surface area (Å²) in [6.07, 6.45) is 0. The maximum absolute atomic E-state index is 12.0. The van der Waals surface area contributed by atoms with E-state index in [4.69, 9.17) is 0 Å². The van der Waals surface area contributed by atoms with Crippen molar-refractivity contribution in [2.24, 2.45) is 17.3 Å². The van der Waals surface area contributed by atoms with E-state index >= 15 is 0 Å². The number of amides is 1. The van der Waals surface area contributed by atoms with E-state index in [0.717, 1.165) is 26.2 Å². The molecule has 2 atom stereocenters. The SMILES string of the molecule is C[C@@H]1CNC[C@H]1C(=O)NCC(C)(C)CN(C)C.Cl. The first kappa shape index (κ1) is 17.7. The number of nitrogens with one attached hydrogen (secondary N) is 2. The largest absolute Gasteiger partial charge is 0.355 e. The second-order valence-corrected chi connectivity index (χ2v) is 6.36. The van der Waals surface area contributed by atoms with Crippen molar-refractivity contribution in [3.63, 3.8) is 0 Å². The lowest BCUT2D eigenvalue weighted by atomic mass is 9.91. The van der Waals surface area contributed by atoms with Crippen LogP contribution in [0, 0.1) is 17.3 Å². The van der Waals surface area contributed by atoms with Crippen molar-refractivity contribution in [2.75, 3.05) is 40.3 Å². The molecule has 1 heterocycles. The highest BCUT2D eigenvalue weighted by Gasteiger charge is 2.30. The smallest absolute Gasteiger partial charge is 0.224 e. The molecule has 0 aliphatic carbocycles. The average molecular weight is 278 g/mol. The quantitative estimate of drug-likeness (QED) is 0.787. The maximum atomic E-state index is 12.0. The molecule has 0 radical (unpaired) electrons. The van der Waals surface area contributed by atoms with Gasteiger partial charge in [-0.3, -0.25) is 4.79 Å². The molecule has 1 rings (SSSR count). The summed E-state index contributed by atoms with van der Waals surface area (Å²) in [6.45, 7) is 10.0. The van der Waals surface area contributed by atoms with Gasteiger partial charge in [-0.15, -0.1) is 12.4 Å². The lowest BCUT2D eigenvalue weighted by Crippen LogP contribution is -2.43. The van der Waals surface area contributed by atoms with Crippen LogP contribution in [0.2, 0.25) is 0 Å². The average Bonchev–Trinajstić information content (AvgIpc) is 2.59. The third kappa shape index (κ3) is 5.55. The van der Waals surface area contributed by atoms with Crippen LogP contribution in [0.3, 0.4) is 0 Å². The Labute approximate surface area is 117 Å². The predicted octanol–water partition coefficient (Wildman–Crippen LogP) is 0.968. The van der Waals surface area contributed by atoms with Crippen LogP contribution in [0.25, 0.3) is 0 Å². The first-order valence-electron chi connectivity index (χ1n) is 6.45. The van der Waals surface area contributed by atoms with Crippen LogP contribution in [0.5, 0.6) is 0 Å². The summed E-state index contributed by atoms with van der Waals surface area (Å²) in [7, 11) is 4.12. The van der Waals surface area contributed by atoms with Crippen molar-refractivity contribution in [1.29, 1.82) is 0 Å². The first-order chi connectivity index (χ1) is 7.82. The van der Waals surface area contributed by atoms with Crippen molar-refractivity contribution in [3.05, 3.63) is 0 Å². The van der Waals surface area contributed by atoms with Crippen LogP contribution < -0.4 is 10.6 Å².